The van der Waals surface area contributed by atoms with Crippen LogP contribution in [0.3, 0.4) is 0 Å². The minimum atomic E-state index is -0.440. The van der Waals surface area contributed by atoms with Gasteiger partial charge in [-0.2, -0.15) is 0 Å². The van der Waals surface area contributed by atoms with Crippen molar-refractivity contribution in [1.29, 1.82) is 0 Å². The summed E-state index contributed by atoms with van der Waals surface area (Å²) >= 11 is 3.48. The Morgan fingerprint density at radius 1 is 1.44 bits per heavy atom. The highest BCUT2D eigenvalue weighted by molar-refractivity contribution is 9.10. The van der Waals surface area contributed by atoms with Gasteiger partial charge in [-0.3, -0.25) is 4.79 Å². The number of ketones is 1. The molecule has 16 heavy (non-hydrogen) atoms. The van der Waals surface area contributed by atoms with E-state index < -0.39 is 6.10 Å². The van der Waals surface area contributed by atoms with Crippen LogP contribution in [0.1, 0.15) is 37.5 Å². The standard InChI is InChI=1S/C13H17BrO2/c1-4-12(15)13(16-5-2)10-7-6-9(3)8-11(10)14/h6-8,13H,4-5H2,1-3H3. The summed E-state index contributed by atoms with van der Waals surface area (Å²) in [6, 6.07) is 5.95. The van der Waals surface area contributed by atoms with Crippen molar-refractivity contribution < 1.29 is 9.53 Å². The molecule has 0 aliphatic rings. The minimum absolute atomic E-state index is 0.117. The van der Waals surface area contributed by atoms with Crippen LogP contribution in [0.15, 0.2) is 22.7 Å². The zero-order chi connectivity index (χ0) is 12.1. The highest BCUT2D eigenvalue weighted by atomic mass is 79.9. The molecular weight excluding hydrogens is 268 g/mol. The van der Waals surface area contributed by atoms with Gasteiger partial charge in [0.25, 0.3) is 0 Å². The molecule has 1 aromatic rings. The molecule has 1 unspecified atom stereocenters. The van der Waals surface area contributed by atoms with E-state index in [1.54, 1.807) is 0 Å². The van der Waals surface area contributed by atoms with Crippen LogP contribution < -0.4 is 0 Å². The maximum atomic E-state index is 11.8. The van der Waals surface area contributed by atoms with E-state index in [4.69, 9.17) is 4.74 Å². The molecule has 2 nitrogen and oxygen atoms in total. The van der Waals surface area contributed by atoms with Gasteiger partial charge in [-0.1, -0.05) is 35.0 Å². The average Bonchev–Trinajstić information content (AvgIpc) is 2.26. The summed E-state index contributed by atoms with van der Waals surface area (Å²) < 4.78 is 6.46. The van der Waals surface area contributed by atoms with Crippen LogP contribution in [-0.4, -0.2) is 12.4 Å². The summed E-state index contributed by atoms with van der Waals surface area (Å²) in [5, 5.41) is 0. The van der Waals surface area contributed by atoms with E-state index in [2.05, 4.69) is 15.9 Å². The van der Waals surface area contributed by atoms with Gasteiger partial charge in [0.1, 0.15) is 6.10 Å². The smallest absolute Gasteiger partial charge is 0.165 e. The Morgan fingerprint density at radius 3 is 2.62 bits per heavy atom. The molecule has 0 aromatic heterocycles. The lowest BCUT2D eigenvalue weighted by Gasteiger charge is -2.17. The molecule has 0 aliphatic heterocycles. The Hall–Kier alpha value is -0.670. The first-order valence-electron chi connectivity index (χ1n) is 5.50. The first-order chi connectivity index (χ1) is 7.60. The van der Waals surface area contributed by atoms with E-state index in [1.807, 2.05) is 39.0 Å². The van der Waals surface area contributed by atoms with Crippen LogP contribution >= 0.6 is 15.9 Å². The Labute approximate surface area is 105 Å². The Bertz CT molecular complexity index is 374. The zero-order valence-corrected chi connectivity index (χ0v) is 11.5. The van der Waals surface area contributed by atoms with Crippen molar-refractivity contribution in [2.45, 2.75) is 33.3 Å². The number of hydrogen-bond donors (Lipinski definition) is 0. The maximum Gasteiger partial charge on any atom is 0.165 e. The van der Waals surface area contributed by atoms with Gasteiger partial charge in [0, 0.05) is 23.1 Å². The first kappa shape index (κ1) is 13.4. The fourth-order valence-electron chi connectivity index (χ4n) is 1.55. The van der Waals surface area contributed by atoms with Gasteiger partial charge < -0.3 is 4.74 Å². The molecule has 3 heteroatoms. The molecule has 1 aromatic carbocycles. The highest BCUT2D eigenvalue weighted by Crippen LogP contribution is 2.28. The van der Waals surface area contributed by atoms with Crippen molar-refractivity contribution in [3.05, 3.63) is 33.8 Å². The zero-order valence-electron chi connectivity index (χ0n) is 9.92. The van der Waals surface area contributed by atoms with Crippen LogP contribution in [0.2, 0.25) is 0 Å². The Kier molecular flexibility index (Phi) is 5.16. The number of Topliss-reactive ketones (excluding diaryl/α,β-unsaturated/α-hetero) is 1. The average molecular weight is 285 g/mol. The van der Waals surface area contributed by atoms with Crippen LogP contribution in [0.4, 0.5) is 0 Å². The molecule has 0 spiro atoms. The number of ether oxygens (including phenoxy) is 1. The number of halogens is 1. The minimum Gasteiger partial charge on any atom is -0.366 e. The lowest BCUT2D eigenvalue weighted by Crippen LogP contribution is -2.15. The van der Waals surface area contributed by atoms with Gasteiger partial charge in [0.15, 0.2) is 5.78 Å². The highest BCUT2D eigenvalue weighted by Gasteiger charge is 2.21. The summed E-state index contributed by atoms with van der Waals surface area (Å²) in [5.41, 5.74) is 2.08. The summed E-state index contributed by atoms with van der Waals surface area (Å²) in [6.45, 7) is 6.32. The van der Waals surface area contributed by atoms with Crippen molar-refractivity contribution in [2.24, 2.45) is 0 Å². The van der Waals surface area contributed by atoms with E-state index >= 15 is 0 Å². The number of rotatable bonds is 5. The first-order valence-corrected chi connectivity index (χ1v) is 6.29. The van der Waals surface area contributed by atoms with Crippen LogP contribution in [0.25, 0.3) is 0 Å². The van der Waals surface area contributed by atoms with E-state index in [0.29, 0.717) is 13.0 Å². The molecule has 0 heterocycles. The predicted molar refractivity (Wildman–Crippen MR) is 68.5 cm³/mol. The number of benzene rings is 1. The van der Waals surface area contributed by atoms with Gasteiger partial charge in [-0.05, 0) is 25.5 Å². The monoisotopic (exact) mass is 284 g/mol. The largest absolute Gasteiger partial charge is 0.366 e. The van der Waals surface area contributed by atoms with Crippen LogP contribution in [-0.2, 0) is 9.53 Å². The van der Waals surface area contributed by atoms with E-state index in [-0.39, 0.29) is 5.78 Å². The molecule has 88 valence electrons. The molecule has 0 radical (unpaired) electrons. The predicted octanol–water partition coefficient (Wildman–Crippen LogP) is 3.81. The van der Waals surface area contributed by atoms with Gasteiger partial charge in [-0.15, -0.1) is 0 Å². The van der Waals surface area contributed by atoms with Crippen molar-refractivity contribution in [3.63, 3.8) is 0 Å². The topological polar surface area (TPSA) is 26.3 Å². The second-order valence-electron chi connectivity index (χ2n) is 3.68. The number of aryl methyl sites for hydroxylation is 1. The van der Waals surface area contributed by atoms with Gasteiger partial charge in [0.2, 0.25) is 0 Å². The molecule has 0 bridgehead atoms. The van der Waals surface area contributed by atoms with Crippen molar-refractivity contribution in [1.82, 2.24) is 0 Å². The molecular formula is C13H17BrO2. The molecule has 0 amide bonds. The number of carbonyl (C=O) groups excluding carboxylic acids is 1. The van der Waals surface area contributed by atoms with Crippen LogP contribution in [0, 0.1) is 6.92 Å². The van der Waals surface area contributed by atoms with E-state index in [0.717, 1.165) is 15.6 Å². The van der Waals surface area contributed by atoms with Gasteiger partial charge >= 0.3 is 0 Å². The third-order valence-electron chi connectivity index (χ3n) is 2.41. The number of hydrogen-bond acceptors (Lipinski definition) is 2. The second kappa shape index (κ2) is 6.16. The van der Waals surface area contributed by atoms with E-state index in [1.165, 1.54) is 0 Å². The maximum absolute atomic E-state index is 11.8. The van der Waals surface area contributed by atoms with Crippen LogP contribution in [0.5, 0.6) is 0 Å². The molecule has 1 atom stereocenters. The molecule has 0 N–H and O–H groups in total. The number of carbonyl (C=O) groups is 1. The summed E-state index contributed by atoms with van der Waals surface area (Å²) in [6.07, 6.45) is 0.0512. The Morgan fingerprint density at radius 2 is 2.12 bits per heavy atom. The van der Waals surface area contributed by atoms with Crippen molar-refractivity contribution in [2.75, 3.05) is 6.61 Å². The fourth-order valence-corrected chi connectivity index (χ4v) is 2.25. The van der Waals surface area contributed by atoms with Crippen molar-refractivity contribution >= 4 is 21.7 Å². The summed E-state index contributed by atoms with van der Waals surface area (Å²) in [7, 11) is 0. The quantitative estimate of drug-likeness (QED) is 0.822. The molecule has 1 rings (SSSR count). The van der Waals surface area contributed by atoms with Gasteiger partial charge in [-0.25, -0.2) is 0 Å². The lowest BCUT2D eigenvalue weighted by atomic mass is 10.0. The normalized spacial score (nSPS) is 12.5. The molecule has 0 fully saturated rings. The van der Waals surface area contributed by atoms with Gasteiger partial charge in [0.05, 0.1) is 0 Å². The fraction of sp³-hybridized carbons (Fsp3) is 0.462. The van der Waals surface area contributed by atoms with E-state index in [9.17, 15) is 4.79 Å². The molecule has 0 aliphatic carbocycles. The summed E-state index contributed by atoms with van der Waals surface area (Å²) in [4.78, 5) is 11.8. The summed E-state index contributed by atoms with van der Waals surface area (Å²) in [5.74, 6) is 0.117. The third kappa shape index (κ3) is 3.16. The third-order valence-corrected chi connectivity index (χ3v) is 3.10. The molecule has 0 saturated carbocycles. The van der Waals surface area contributed by atoms with Crippen molar-refractivity contribution in [3.8, 4) is 0 Å². The molecule has 0 saturated heterocycles. The Balaban J connectivity index is 3.05. The SMILES string of the molecule is CCOC(C(=O)CC)c1ccc(C)cc1Br. The lowest BCUT2D eigenvalue weighted by molar-refractivity contribution is -0.130. The second-order valence-corrected chi connectivity index (χ2v) is 4.53.